The predicted octanol–water partition coefficient (Wildman–Crippen LogP) is 14.8. The van der Waals surface area contributed by atoms with Crippen molar-refractivity contribution in [3.63, 3.8) is 0 Å². The van der Waals surface area contributed by atoms with Gasteiger partial charge in [-0.3, -0.25) is 9.59 Å². The van der Waals surface area contributed by atoms with E-state index < -0.39 is 67.4 Å². The van der Waals surface area contributed by atoms with Gasteiger partial charge in [-0.05, 0) is 116 Å². The van der Waals surface area contributed by atoms with Crippen LogP contribution in [0.2, 0.25) is 0 Å². The minimum atomic E-state index is -1.66. The van der Waals surface area contributed by atoms with E-state index in [9.17, 15) is 35.1 Å². The van der Waals surface area contributed by atoms with Crippen molar-refractivity contribution in [3.05, 3.63) is 158 Å². The fourth-order valence-electron chi connectivity index (χ4n) is 8.39. The van der Waals surface area contributed by atoms with Gasteiger partial charge >= 0.3 is 5.97 Å². The molecule has 1 saturated heterocycles. The van der Waals surface area contributed by atoms with Crippen LogP contribution in [0.4, 0.5) is 0 Å². The number of amides is 1. The number of rotatable bonds is 49. The van der Waals surface area contributed by atoms with Crippen LogP contribution in [0, 0.1) is 0 Å². The molecule has 1 amide bonds. The Morgan fingerprint density at radius 1 is 0.500 bits per heavy atom. The van der Waals surface area contributed by atoms with Crippen molar-refractivity contribution in [1.29, 1.82) is 0 Å². The number of esters is 1. The zero-order valence-corrected chi connectivity index (χ0v) is 49.6. The summed E-state index contributed by atoms with van der Waals surface area (Å²) >= 11 is 0. The van der Waals surface area contributed by atoms with E-state index >= 15 is 0 Å². The summed E-state index contributed by atoms with van der Waals surface area (Å²) in [7, 11) is 0. The first-order valence-electron chi connectivity index (χ1n) is 30.8. The molecular weight excluding hydrogens is 1000 g/mol. The van der Waals surface area contributed by atoms with Gasteiger partial charge in [0.2, 0.25) is 5.91 Å². The fourth-order valence-corrected chi connectivity index (χ4v) is 8.39. The first-order valence-corrected chi connectivity index (χ1v) is 30.8. The van der Waals surface area contributed by atoms with Crippen LogP contribution in [0.15, 0.2) is 158 Å². The van der Waals surface area contributed by atoms with Crippen LogP contribution in [-0.4, -0.2) is 99.6 Å². The lowest BCUT2D eigenvalue weighted by Gasteiger charge is -2.41. The summed E-state index contributed by atoms with van der Waals surface area (Å²) in [6.07, 6.45) is 70.1. The second kappa shape index (κ2) is 54.8. The minimum Gasteiger partial charge on any atom is -0.454 e. The van der Waals surface area contributed by atoms with E-state index in [1.165, 1.54) is 44.9 Å². The average molecular weight is 1110 g/mol. The summed E-state index contributed by atoms with van der Waals surface area (Å²) in [6.45, 7) is 5.47. The maximum atomic E-state index is 13.4. The Balaban J connectivity index is 2.78. The third-order valence-electron chi connectivity index (χ3n) is 13.2. The van der Waals surface area contributed by atoms with E-state index in [0.717, 1.165) is 96.3 Å². The molecule has 1 heterocycles. The van der Waals surface area contributed by atoms with Crippen LogP contribution in [0.25, 0.3) is 0 Å². The average Bonchev–Trinajstić information content (AvgIpc) is 3.45. The lowest BCUT2D eigenvalue weighted by Crippen LogP contribution is -2.61. The standard InChI is InChI=1S/C69H109NO10/c1-4-7-10-13-16-19-22-25-27-29-31-33-34-36-38-41-44-47-50-53-56-62(73)68(77)70-60(61(72)55-52-49-46-43-40-24-21-18-15-12-9-6-3)59-78-69-67(66(76)65(75)63(58-71)79-69)80-64(74)57-54-51-48-45-42-39-37-35-32-30-28-26-23-20-17-14-11-8-5-2/h7-8,10-11,16-17,19-20,25-28,31-33,35-36,38-39,42,44,47-48,51-52,55,60-63,65-67,69,71-73,75-76H,4-6,9,12-15,18,21-24,29-30,34,37,40-41,43,45-46,49-50,53-54,56-59H2,1-3H3,(H,70,77)/b10-7-,11-8-,19-16-,20-17-,27-25-,28-26-,33-31-,35-32-,38-36-,42-39-,47-44-,51-48-,55-52+. The summed E-state index contributed by atoms with van der Waals surface area (Å²) < 4.78 is 17.5. The molecule has 1 aliphatic rings. The lowest BCUT2D eigenvalue weighted by atomic mass is 9.99. The van der Waals surface area contributed by atoms with E-state index in [-0.39, 0.29) is 19.4 Å². The summed E-state index contributed by atoms with van der Waals surface area (Å²) in [6, 6.07) is -1.07. The van der Waals surface area contributed by atoms with E-state index in [2.05, 4.69) is 154 Å². The van der Waals surface area contributed by atoms with Crippen LogP contribution in [0.1, 0.15) is 201 Å². The minimum absolute atomic E-state index is 0.0170. The van der Waals surface area contributed by atoms with Gasteiger partial charge in [0, 0.05) is 6.42 Å². The maximum Gasteiger partial charge on any atom is 0.306 e. The monoisotopic (exact) mass is 1110 g/mol. The number of hydrogen-bond acceptors (Lipinski definition) is 10. The fraction of sp³-hybridized carbons (Fsp3) is 0.594. The van der Waals surface area contributed by atoms with Crippen LogP contribution >= 0.6 is 0 Å². The first-order chi connectivity index (χ1) is 39.2. The number of unbranched alkanes of at least 4 members (excludes halogenated alkanes) is 11. The van der Waals surface area contributed by atoms with E-state index in [1.54, 1.807) is 6.08 Å². The molecule has 80 heavy (non-hydrogen) atoms. The Morgan fingerprint density at radius 3 is 1.34 bits per heavy atom. The zero-order chi connectivity index (χ0) is 58.2. The Bertz CT molecular complexity index is 1900. The molecule has 8 atom stereocenters. The highest BCUT2D eigenvalue weighted by Gasteiger charge is 2.47. The van der Waals surface area contributed by atoms with Crippen molar-refractivity contribution in [2.75, 3.05) is 13.2 Å². The Morgan fingerprint density at radius 2 is 0.900 bits per heavy atom. The van der Waals surface area contributed by atoms with E-state index in [4.69, 9.17) is 14.2 Å². The van der Waals surface area contributed by atoms with Gasteiger partial charge < -0.3 is 45.1 Å². The molecule has 1 rings (SSSR count). The number of allylic oxidation sites excluding steroid dienone is 25. The van der Waals surface area contributed by atoms with Crippen LogP contribution in [-0.2, 0) is 23.8 Å². The summed E-state index contributed by atoms with van der Waals surface area (Å²) in [4.78, 5) is 26.5. The highest BCUT2D eigenvalue weighted by atomic mass is 16.7. The maximum absolute atomic E-state index is 13.4. The molecule has 1 aliphatic heterocycles. The summed E-state index contributed by atoms with van der Waals surface area (Å²) in [5.74, 6) is -1.35. The van der Waals surface area contributed by atoms with Crippen molar-refractivity contribution < 1.29 is 49.3 Å². The largest absolute Gasteiger partial charge is 0.454 e. The second-order valence-corrected chi connectivity index (χ2v) is 20.3. The van der Waals surface area contributed by atoms with E-state index in [1.807, 2.05) is 24.3 Å². The smallest absolute Gasteiger partial charge is 0.306 e. The highest BCUT2D eigenvalue weighted by molar-refractivity contribution is 5.80. The number of carbonyl (C=O) groups excluding carboxylic acids is 2. The normalized spacial score (nSPS) is 19.9. The van der Waals surface area contributed by atoms with Gasteiger partial charge in [-0.1, -0.05) is 237 Å². The molecule has 0 aromatic heterocycles. The third kappa shape index (κ3) is 42.2. The molecule has 11 nitrogen and oxygen atoms in total. The Labute approximate surface area is 485 Å². The molecular formula is C69H109NO10. The number of aliphatic hydroxyl groups is 5. The molecule has 0 aliphatic carbocycles. The van der Waals surface area contributed by atoms with Crippen LogP contribution in [0.3, 0.4) is 0 Å². The highest BCUT2D eigenvalue weighted by Crippen LogP contribution is 2.26. The SMILES string of the molecule is CC/C=C\C/C=C\C/C=C\C/C=C\C/C=C\C/C=C\CCCC(O)C(=O)NC(COC1OC(CO)C(O)C(O)C1OC(=O)CC/C=C\C/C=C\C/C=C\C/C=C\C/C=C\C/C=C\CC)C(O)/C=C/CCCCCCCCCCCC. The molecule has 1 fully saturated rings. The predicted molar refractivity (Wildman–Crippen MR) is 333 cm³/mol. The molecule has 0 aromatic carbocycles. The van der Waals surface area contributed by atoms with Crippen molar-refractivity contribution in [3.8, 4) is 0 Å². The Hall–Kier alpha value is -4.72. The quantitative estimate of drug-likeness (QED) is 0.0195. The summed E-state index contributed by atoms with van der Waals surface area (Å²) in [5.41, 5.74) is 0. The number of nitrogens with one attached hydrogen (secondary N) is 1. The van der Waals surface area contributed by atoms with Crippen molar-refractivity contribution in [2.24, 2.45) is 0 Å². The topological polar surface area (TPSA) is 175 Å². The molecule has 0 saturated carbocycles. The third-order valence-corrected chi connectivity index (χ3v) is 13.2. The lowest BCUT2D eigenvalue weighted by molar-refractivity contribution is -0.305. The van der Waals surface area contributed by atoms with Gasteiger partial charge in [0.15, 0.2) is 12.4 Å². The molecule has 0 aromatic rings. The number of ether oxygens (including phenoxy) is 3. The molecule has 0 radical (unpaired) electrons. The van der Waals surface area contributed by atoms with Gasteiger partial charge in [-0.25, -0.2) is 0 Å². The van der Waals surface area contributed by atoms with Gasteiger partial charge in [-0.15, -0.1) is 0 Å². The number of hydrogen-bond donors (Lipinski definition) is 6. The van der Waals surface area contributed by atoms with Crippen molar-refractivity contribution >= 4 is 11.9 Å². The number of carbonyl (C=O) groups is 2. The molecule has 0 bridgehead atoms. The Kier molecular flexibility index (Phi) is 50.2. The van der Waals surface area contributed by atoms with Crippen LogP contribution in [0.5, 0.6) is 0 Å². The zero-order valence-electron chi connectivity index (χ0n) is 49.6. The van der Waals surface area contributed by atoms with Gasteiger partial charge in [0.25, 0.3) is 0 Å². The molecule has 0 spiro atoms. The molecule has 6 N–H and O–H groups in total. The molecule has 8 unspecified atom stereocenters. The second-order valence-electron chi connectivity index (χ2n) is 20.3. The summed E-state index contributed by atoms with van der Waals surface area (Å²) in [5, 5.41) is 56.9. The van der Waals surface area contributed by atoms with Crippen molar-refractivity contribution in [2.45, 2.75) is 250 Å². The van der Waals surface area contributed by atoms with Gasteiger partial charge in [0.05, 0.1) is 25.4 Å². The van der Waals surface area contributed by atoms with Crippen LogP contribution < -0.4 is 5.32 Å². The van der Waals surface area contributed by atoms with Gasteiger partial charge in [-0.2, -0.15) is 0 Å². The van der Waals surface area contributed by atoms with Gasteiger partial charge in [0.1, 0.15) is 24.4 Å². The molecule has 11 heteroatoms. The first kappa shape index (κ1) is 73.3. The number of aliphatic hydroxyl groups excluding tert-OH is 5. The van der Waals surface area contributed by atoms with E-state index in [0.29, 0.717) is 25.7 Å². The molecule has 450 valence electrons. The van der Waals surface area contributed by atoms with Crippen molar-refractivity contribution in [1.82, 2.24) is 5.32 Å².